The molecular weight excluding hydrogens is 218 g/mol. The van der Waals surface area contributed by atoms with Crippen LogP contribution in [0.5, 0.6) is 0 Å². The SMILES string of the molecule is COC(=O)c1nc(C2(N)CC2)ncc1Cl. The molecule has 5 nitrogen and oxygen atoms in total. The minimum absolute atomic E-state index is 0.0703. The molecular formula is C9H10ClN3O2. The first-order valence-electron chi connectivity index (χ1n) is 4.47. The molecule has 80 valence electrons. The van der Waals surface area contributed by atoms with Crippen LogP contribution >= 0.6 is 11.6 Å². The Hall–Kier alpha value is -1.20. The van der Waals surface area contributed by atoms with Gasteiger partial charge in [0.05, 0.1) is 23.9 Å². The number of rotatable bonds is 2. The smallest absolute Gasteiger partial charge is 0.358 e. The van der Waals surface area contributed by atoms with Crippen molar-refractivity contribution in [1.82, 2.24) is 9.97 Å². The summed E-state index contributed by atoms with van der Waals surface area (Å²) >= 11 is 5.77. The van der Waals surface area contributed by atoms with Gasteiger partial charge in [-0.3, -0.25) is 0 Å². The highest BCUT2D eigenvalue weighted by atomic mass is 35.5. The van der Waals surface area contributed by atoms with Gasteiger partial charge in [-0.25, -0.2) is 14.8 Å². The van der Waals surface area contributed by atoms with Crippen LogP contribution in [0.25, 0.3) is 0 Å². The number of ether oxygens (including phenoxy) is 1. The molecule has 0 aliphatic heterocycles. The van der Waals surface area contributed by atoms with E-state index >= 15 is 0 Å². The lowest BCUT2D eigenvalue weighted by molar-refractivity contribution is 0.0593. The monoisotopic (exact) mass is 227 g/mol. The van der Waals surface area contributed by atoms with Gasteiger partial charge < -0.3 is 10.5 Å². The molecule has 6 heteroatoms. The summed E-state index contributed by atoms with van der Waals surface area (Å²) in [6, 6.07) is 0. The van der Waals surface area contributed by atoms with Crippen LogP contribution in [0.2, 0.25) is 5.02 Å². The molecule has 0 radical (unpaired) electrons. The molecule has 1 saturated carbocycles. The summed E-state index contributed by atoms with van der Waals surface area (Å²) in [6.45, 7) is 0. The average molecular weight is 228 g/mol. The van der Waals surface area contributed by atoms with E-state index in [9.17, 15) is 4.79 Å². The largest absolute Gasteiger partial charge is 0.464 e. The summed E-state index contributed by atoms with van der Waals surface area (Å²) < 4.78 is 4.55. The zero-order chi connectivity index (χ0) is 11.1. The predicted octanol–water partition coefficient (Wildman–Crippen LogP) is 0.864. The Morgan fingerprint density at radius 2 is 2.33 bits per heavy atom. The predicted molar refractivity (Wildman–Crippen MR) is 53.5 cm³/mol. The highest BCUT2D eigenvalue weighted by Crippen LogP contribution is 2.40. The Labute approximate surface area is 91.6 Å². The number of aromatic nitrogens is 2. The summed E-state index contributed by atoms with van der Waals surface area (Å²) in [5.74, 6) is -0.125. The number of esters is 1. The third-order valence-corrected chi connectivity index (χ3v) is 2.63. The maximum atomic E-state index is 11.3. The van der Waals surface area contributed by atoms with Gasteiger partial charge in [0.15, 0.2) is 5.69 Å². The number of halogens is 1. The molecule has 0 aromatic carbocycles. The first kappa shape index (κ1) is 10.3. The van der Waals surface area contributed by atoms with Gasteiger partial charge in [0.25, 0.3) is 0 Å². The summed E-state index contributed by atoms with van der Waals surface area (Å²) in [7, 11) is 1.27. The number of nitrogens with zero attached hydrogens (tertiary/aromatic N) is 2. The van der Waals surface area contributed by atoms with E-state index in [1.807, 2.05) is 0 Å². The molecule has 0 atom stereocenters. The van der Waals surface area contributed by atoms with Crippen LogP contribution in [0.3, 0.4) is 0 Å². The van der Waals surface area contributed by atoms with E-state index < -0.39 is 11.5 Å². The van der Waals surface area contributed by atoms with Crippen molar-refractivity contribution in [2.45, 2.75) is 18.4 Å². The van der Waals surface area contributed by atoms with Gasteiger partial charge in [-0.2, -0.15) is 0 Å². The zero-order valence-electron chi connectivity index (χ0n) is 8.16. The number of nitrogens with two attached hydrogens (primary N) is 1. The van der Waals surface area contributed by atoms with Gasteiger partial charge in [-0.15, -0.1) is 0 Å². The number of carbonyl (C=O) groups is 1. The van der Waals surface area contributed by atoms with Crippen molar-refractivity contribution in [2.75, 3.05) is 7.11 Å². The maximum Gasteiger partial charge on any atom is 0.358 e. The third kappa shape index (κ3) is 1.80. The van der Waals surface area contributed by atoms with E-state index in [-0.39, 0.29) is 10.7 Å². The van der Waals surface area contributed by atoms with Crippen molar-refractivity contribution in [1.29, 1.82) is 0 Å². The molecule has 2 rings (SSSR count). The van der Waals surface area contributed by atoms with Gasteiger partial charge in [-0.1, -0.05) is 11.6 Å². The van der Waals surface area contributed by atoms with Crippen LogP contribution in [0.4, 0.5) is 0 Å². The highest BCUT2D eigenvalue weighted by molar-refractivity contribution is 6.33. The van der Waals surface area contributed by atoms with Crippen LogP contribution in [0.15, 0.2) is 6.20 Å². The Morgan fingerprint density at radius 1 is 1.67 bits per heavy atom. The topological polar surface area (TPSA) is 78.1 Å². The fourth-order valence-corrected chi connectivity index (χ4v) is 1.37. The van der Waals surface area contributed by atoms with E-state index in [1.165, 1.54) is 13.3 Å². The summed E-state index contributed by atoms with van der Waals surface area (Å²) in [6.07, 6.45) is 3.04. The molecule has 1 fully saturated rings. The van der Waals surface area contributed by atoms with E-state index in [2.05, 4.69) is 14.7 Å². The fourth-order valence-electron chi connectivity index (χ4n) is 1.21. The van der Waals surface area contributed by atoms with E-state index in [4.69, 9.17) is 17.3 Å². The van der Waals surface area contributed by atoms with Gasteiger partial charge in [0.2, 0.25) is 0 Å². The third-order valence-electron chi connectivity index (χ3n) is 2.36. The van der Waals surface area contributed by atoms with Crippen LogP contribution in [0.1, 0.15) is 29.2 Å². The number of hydrogen-bond acceptors (Lipinski definition) is 5. The molecule has 15 heavy (non-hydrogen) atoms. The van der Waals surface area contributed by atoms with E-state index in [1.54, 1.807) is 0 Å². The van der Waals surface area contributed by atoms with Crippen molar-refractivity contribution >= 4 is 17.6 Å². The minimum atomic E-state index is -0.576. The van der Waals surface area contributed by atoms with Crippen LogP contribution < -0.4 is 5.73 Å². The molecule has 0 unspecified atom stereocenters. The minimum Gasteiger partial charge on any atom is -0.464 e. The quantitative estimate of drug-likeness (QED) is 0.759. The second-order valence-corrected chi connectivity index (χ2v) is 3.95. The Kier molecular flexibility index (Phi) is 2.36. The van der Waals surface area contributed by atoms with Crippen LogP contribution in [-0.2, 0) is 10.3 Å². The highest BCUT2D eigenvalue weighted by Gasteiger charge is 2.43. The number of methoxy groups -OCH3 is 1. The second-order valence-electron chi connectivity index (χ2n) is 3.54. The lowest BCUT2D eigenvalue weighted by Gasteiger charge is -2.08. The van der Waals surface area contributed by atoms with Crippen molar-refractivity contribution in [3.05, 3.63) is 22.7 Å². The van der Waals surface area contributed by atoms with Gasteiger partial charge >= 0.3 is 5.97 Å². The summed E-state index contributed by atoms with van der Waals surface area (Å²) in [5.41, 5.74) is 5.50. The van der Waals surface area contributed by atoms with Gasteiger partial charge in [-0.05, 0) is 12.8 Å². The van der Waals surface area contributed by atoms with Gasteiger partial charge in [0.1, 0.15) is 5.82 Å². The number of hydrogen-bond donors (Lipinski definition) is 1. The van der Waals surface area contributed by atoms with Crippen molar-refractivity contribution in [3.8, 4) is 0 Å². The van der Waals surface area contributed by atoms with E-state index in [0.29, 0.717) is 5.82 Å². The molecule has 1 heterocycles. The molecule has 0 saturated heterocycles. The normalized spacial score (nSPS) is 17.3. The average Bonchev–Trinajstić information content (AvgIpc) is 2.97. The van der Waals surface area contributed by atoms with Crippen LogP contribution in [-0.4, -0.2) is 23.0 Å². The van der Waals surface area contributed by atoms with Crippen LogP contribution in [0, 0.1) is 0 Å². The molecule has 0 amide bonds. The van der Waals surface area contributed by atoms with Crippen molar-refractivity contribution in [3.63, 3.8) is 0 Å². The summed E-state index contributed by atoms with van der Waals surface area (Å²) in [5, 5.41) is 0.176. The lowest BCUT2D eigenvalue weighted by Crippen LogP contribution is -2.23. The summed E-state index contributed by atoms with van der Waals surface area (Å²) in [4.78, 5) is 19.3. The second kappa shape index (κ2) is 3.43. The van der Waals surface area contributed by atoms with Gasteiger partial charge in [0, 0.05) is 0 Å². The first-order chi connectivity index (χ1) is 7.07. The standard InChI is InChI=1S/C9H10ClN3O2/c1-15-7(14)6-5(10)4-12-8(13-6)9(11)2-3-9/h4H,2-3,11H2,1H3. The molecule has 2 N–H and O–H groups in total. The Balaban J connectivity index is 2.41. The first-order valence-corrected chi connectivity index (χ1v) is 4.85. The zero-order valence-corrected chi connectivity index (χ0v) is 8.91. The molecule has 1 aliphatic carbocycles. The molecule has 0 spiro atoms. The molecule has 1 aliphatic rings. The maximum absolute atomic E-state index is 11.3. The number of carbonyl (C=O) groups excluding carboxylic acids is 1. The van der Waals surface area contributed by atoms with Crippen molar-refractivity contribution in [2.24, 2.45) is 5.73 Å². The molecule has 0 bridgehead atoms. The molecule has 1 aromatic rings. The Morgan fingerprint density at radius 3 is 2.87 bits per heavy atom. The van der Waals surface area contributed by atoms with E-state index in [0.717, 1.165) is 12.8 Å². The Bertz CT molecular complexity index is 418. The lowest BCUT2D eigenvalue weighted by atomic mass is 10.2. The molecule has 1 aromatic heterocycles. The fraction of sp³-hybridized carbons (Fsp3) is 0.444. The van der Waals surface area contributed by atoms with Crippen molar-refractivity contribution < 1.29 is 9.53 Å².